The third-order valence-electron chi connectivity index (χ3n) is 4.73. The summed E-state index contributed by atoms with van der Waals surface area (Å²) < 4.78 is 0. The molecule has 2 rings (SSSR count). The Labute approximate surface area is 117 Å². The number of nitro benzene ring substituents is 1. The van der Waals surface area contributed by atoms with Gasteiger partial charge in [-0.25, -0.2) is 0 Å². The first kappa shape index (κ1) is 14.3. The van der Waals surface area contributed by atoms with Crippen LogP contribution in [0.5, 0.6) is 5.75 Å². The van der Waals surface area contributed by atoms with Crippen LogP contribution in [0.25, 0.3) is 0 Å². The molecule has 0 radical (unpaired) electrons. The Kier molecular flexibility index (Phi) is 3.00. The molecule has 1 amide bonds. The van der Waals surface area contributed by atoms with Crippen molar-refractivity contribution >= 4 is 17.3 Å². The maximum atomic E-state index is 12.2. The van der Waals surface area contributed by atoms with Crippen molar-refractivity contribution in [3.05, 3.63) is 28.3 Å². The van der Waals surface area contributed by atoms with Crippen molar-refractivity contribution in [3.8, 4) is 5.75 Å². The highest BCUT2D eigenvalue weighted by Crippen LogP contribution is 2.68. The van der Waals surface area contributed by atoms with Gasteiger partial charge in [-0.2, -0.15) is 0 Å². The van der Waals surface area contributed by atoms with Gasteiger partial charge >= 0.3 is 0 Å². The Hall–Kier alpha value is -2.11. The van der Waals surface area contributed by atoms with Crippen LogP contribution in [-0.4, -0.2) is 15.9 Å². The zero-order valence-electron chi connectivity index (χ0n) is 11.9. The first-order chi connectivity index (χ1) is 9.09. The zero-order valence-corrected chi connectivity index (χ0v) is 11.9. The van der Waals surface area contributed by atoms with Gasteiger partial charge in [-0.15, -0.1) is 0 Å². The van der Waals surface area contributed by atoms with E-state index in [9.17, 15) is 20.0 Å². The SMILES string of the molecule is CC1(C)C(C(=O)Nc2ccc([N+](=O)[O-])cc2O)C1(C)C. The number of phenolic OH excluding ortho intramolecular Hbond substituents is 1. The van der Waals surface area contributed by atoms with Crippen molar-refractivity contribution in [2.24, 2.45) is 16.7 Å². The average Bonchev–Trinajstić information content (AvgIpc) is 2.72. The maximum absolute atomic E-state index is 12.2. The van der Waals surface area contributed by atoms with Crippen LogP contribution >= 0.6 is 0 Å². The lowest BCUT2D eigenvalue weighted by atomic mass is 10.0. The van der Waals surface area contributed by atoms with Crippen molar-refractivity contribution in [2.45, 2.75) is 27.7 Å². The van der Waals surface area contributed by atoms with E-state index in [1.165, 1.54) is 12.1 Å². The Morgan fingerprint density at radius 1 is 1.30 bits per heavy atom. The van der Waals surface area contributed by atoms with Crippen molar-refractivity contribution in [1.82, 2.24) is 0 Å². The molecule has 1 aromatic rings. The standard InChI is InChI=1S/C14H18N2O4/c1-13(2)11(14(13,3)4)12(18)15-9-6-5-8(16(19)20)7-10(9)17/h5-7,11,17H,1-4H3,(H,15,18). The molecule has 0 unspecified atom stereocenters. The molecule has 0 atom stereocenters. The number of benzene rings is 1. The second kappa shape index (κ2) is 4.19. The number of anilines is 1. The summed E-state index contributed by atoms with van der Waals surface area (Å²) in [6.45, 7) is 8.08. The maximum Gasteiger partial charge on any atom is 0.273 e. The second-order valence-electron chi connectivity index (χ2n) is 6.32. The summed E-state index contributed by atoms with van der Waals surface area (Å²) in [4.78, 5) is 22.2. The largest absolute Gasteiger partial charge is 0.506 e. The van der Waals surface area contributed by atoms with Crippen molar-refractivity contribution < 1.29 is 14.8 Å². The lowest BCUT2D eigenvalue weighted by Crippen LogP contribution is -2.17. The predicted octanol–water partition coefficient (Wildman–Crippen LogP) is 2.92. The Balaban J connectivity index is 2.16. The molecule has 1 aromatic carbocycles. The van der Waals surface area contributed by atoms with Crippen LogP contribution in [0.3, 0.4) is 0 Å². The summed E-state index contributed by atoms with van der Waals surface area (Å²) >= 11 is 0. The number of nitrogens with one attached hydrogen (secondary N) is 1. The molecule has 1 aliphatic rings. The van der Waals surface area contributed by atoms with Crippen LogP contribution < -0.4 is 5.32 Å². The number of phenols is 1. The summed E-state index contributed by atoms with van der Waals surface area (Å²) in [6, 6.07) is 3.62. The number of carbonyl (C=O) groups excluding carboxylic acids is 1. The second-order valence-corrected chi connectivity index (χ2v) is 6.32. The summed E-state index contributed by atoms with van der Waals surface area (Å²) in [6.07, 6.45) is 0. The smallest absolute Gasteiger partial charge is 0.273 e. The fourth-order valence-corrected chi connectivity index (χ4v) is 2.80. The highest BCUT2D eigenvalue weighted by molar-refractivity contribution is 5.97. The molecule has 0 aliphatic heterocycles. The molecule has 6 heteroatoms. The molecule has 1 saturated carbocycles. The monoisotopic (exact) mass is 278 g/mol. The minimum absolute atomic E-state index is 0.104. The quantitative estimate of drug-likeness (QED) is 0.505. The van der Waals surface area contributed by atoms with Gasteiger partial charge in [0.25, 0.3) is 5.69 Å². The molecule has 0 heterocycles. The summed E-state index contributed by atoms with van der Waals surface area (Å²) in [5.74, 6) is -0.627. The van der Waals surface area contributed by atoms with Gasteiger partial charge in [0.1, 0.15) is 5.75 Å². The Morgan fingerprint density at radius 3 is 2.25 bits per heavy atom. The lowest BCUT2D eigenvalue weighted by Gasteiger charge is -2.08. The van der Waals surface area contributed by atoms with Crippen LogP contribution in [0.2, 0.25) is 0 Å². The molecular formula is C14H18N2O4. The van der Waals surface area contributed by atoms with Gasteiger partial charge in [-0.3, -0.25) is 14.9 Å². The van der Waals surface area contributed by atoms with Crippen molar-refractivity contribution in [3.63, 3.8) is 0 Å². The minimum atomic E-state index is -0.599. The molecule has 0 aromatic heterocycles. The van der Waals surface area contributed by atoms with Gasteiger partial charge in [-0.1, -0.05) is 27.7 Å². The Bertz CT molecular complexity index is 579. The highest BCUT2D eigenvalue weighted by Gasteiger charge is 2.68. The Morgan fingerprint density at radius 2 is 1.85 bits per heavy atom. The highest BCUT2D eigenvalue weighted by atomic mass is 16.6. The molecule has 1 fully saturated rings. The number of hydrogen-bond donors (Lipinski definition) is 2. The van der Waals surface area contributed by atoms with Gasteiger partial charge in [-0.05, 0) is 16.9 Å². The van der Waals surface area contributed by atoms with Crippen molar-refractivity contribution in [2.75, 3.05) is 5.32 Å². The number of non-ortho nitro benzene ring substituents is 1. The van der Waals surface area contributed by atoms with E-state index >= 15 is 0 Å². The molecule has 108 valence electrons. The van der Waals surface area contributed by atoms with E-state index in [-0.39, 0.29) is 39.8 Å². The van der Waals surface area contributed by atoms with E-state index in [0.717, 1.165) is 6.07 Å². The first-order valence-corrected chi connectivity index (χ1v) is 6.37. The van der Waals surface area contributed by atoms with Crippen LogP contribution in [0.15, 0.2) is 18.2 Å². The molecule has 20 heavy (non-hydrogen) atoms. The number of nitro groups is 1. The van der Waals surface area contributed by atoms with E-state index in [4.69, 9.17) is 0 Å². The normalized spacial score (nSPS) is 19.4. The first-order valence-electron chi connectivity index (χ1n) is 6.37. The van der Waals surface area contributed by atoms with E-state index in [2.05, 4.69) is 5.32 Å². The van der Waals surface area contributed by atoms with Crippen molar-refractivity contribution in [1.29, 1.82) is 0 Å². The fraction of sp³-hybridized carbons (Fsp3) is 0.500. The van der Waals surface area contributed by atoms with Crippen LogP contribution in [0, 0.1) is 26.9 Å². The summed E-state index contributed by atoms with van der Waals surface area (Å²) in [5, 5.41) is 23.0. The number of amides is 1. The van der Waals surface area contributed by atoms with E-state index in [1.54, 1.807) is 0 Å². The third kappa shape index (κ3) is 2.01. The molecule has 6 nitrogen and oxygen atoms in total. The molecule has 0 saturated heterocycles. The molecule has 1 aliphatic carbocycles. The molecule has 2 N–H and O–H groups in total. The lowest BCUT2D eigenvalue weighted by molar-refractivity contribution is -0.384. The van der Waals surface area contributed by atoms with Crippen LogP contribution in [-0.2, 0) is 4.79 Å². The fourth-order valence-electron chi connectivity index (χ4n) is 2.80. The predicted molar refractivity (Wildman–Crippen MR) is 74.4 cm³/mol. The van der Waals surface area contributed by atoms with Crippen LogP contribution in [0.4, 0.5) is 11.4 Å². The third-order valence-corrected chi connectivity index (χ3v) is 4.73. The number of hydrogen-bond acceptors (Lipinski definition) is 4. The van der Waals surface area contributed by atoms with E-state index < -0.39 is 4.92 Å². The number of carbonyl (C=O) groups is 1. The number of rotatable bonds is 3. The van der Waals surface area contributed by atoms with Gasteiger partial charge < -0.3 is 10.4 Å². The number of aromatic hydroxyl groups is 1. The average molecular weight is 278 g/mol. The van der Waals surface area contributed by atoms with Gasteiger partial charge in [0.05, 0.1) is 16.7 Å². The summed E-state index contributed by atoms with van der Waals surface area (Å²) in [5.41, 5.74) is -0.229. The zero-order chi connectivity index (χ0) is 15.3. The molecule has 0 spiro atoms. The van der Waals surface area contributed by atoms with Gasteiger partial charge in [0, 0.05) is 12.0 Å². The van der Waals surface area contributed by atoms with E-state index in [1.807, 2.05) is 27.7 Å². The van der Waals surface area contributed by atoms with Crippen LogP contribution in [0.1, 0.15) is 27.7 Å². The van der Waals surface area contributed by atoms with E-state index in [0.29, 0.717) is 0 Å². The van der Waals surface area contributed by atoms with Gasteiger partial charge in [0.2, 0.25) is 5.91 Å². The molecular weight excluding hydrogens is 260 g/mol. The topological polar surface area (TPSA) is 92.5 Å². The summed E-state index contributed by atoms with van der Waals surface area (Å²) in [7, 11) is 0. The molecule has 0 bridgehead atoms. The number of nitrogens with zero attached hydrogens (tertiary/aromatic N) is 1. The minimum Gasteiger partial charge on any atom is -0.506 e. The van der Waals surface area contributed by atoms with Gasteiger partial charge in [0.15, 0.2) is 0 Å².